The van der Waals surface area contributed by atoms with Gasteiger partial charge >= 0.3 is 0 Å². The number of hydrogen-bond acceptors (Lipinski definition) is 1. The second kappa shape index (κ2) is 2.62. The van der Waals surface area contributed by atoms with Gasteiger partial charge in [-0.15, -0.1) is 0 Å². The Morgan fingerprint density at radius 3 is 2.45 bits per heavy atom. The summed E-state index contributed by atoms with van der Waals surface area (Å²) in [4.78, 5) is 10.6. The van der Waals surface area contributed by atoms with Crippen LogP contribution in [0.1, 0.15) is 44.9 Å². The first-order valence-corrected chi connectivity index (χ1v) is 4.81. The maximum atomic E-state index is 10.6. The van der Waals surface area contributed by atoms with Crippen LogP contribution in [-0.4, -0.2) is 6.29 Å². The third-order valence-electron chi connectivity index (χ3n) is 3.42. The Morgan fingerprint density at radius 2 is 2.09 bits per heavy atom. The van der Waals surface area contributed by atoms with Crippen LogP contribution in [0.4, 0.5) is 0 Å². The van der Waals surface area contributed by atoms with E-state index in [2.05, 4.69) is 0 Å². The Labute approximate surface area is 68.2 Å². The summed E-state index contributed by atoms with van der Waals surface area (Å²) in [6, 6.07) is 0. The van der Waals surface area contributed by atoms with Crippen LogP contribution < -0.4 is 0 Å². The Hall–Kier alpha value is -0.330. The van der Waals surface area contributed by atoms with E-state index in [0.29, 0.717) is 0 Å². The first kappa shape index (κ1) is 7.33. The molecule has 0 spiro atoms. The van der Waals surface area contributed by atoms with Crippen molar-refractivity contribution in [3.05, 3.63) is 0 Å². The number of carbonyl (C=O) groups excluding carboxylic acids is 1. The van der Waals surface area contributed by atoms with Crippen molar-refractivity contribution < 1.29 is 4.79 Å². The third-order valence-corrected chi connectivity index (χ3v) is 3.42. The highest BCUT2D eigenvalue weighted by molar-refractivity contribution is 5.63. The highest BCUT2D eigenvalue weighted by atomic mass is 16.1. The molecule has 2 saturated carbocycles. The molecule has 0 unspecified atom stereocenters. The predicted octanol–water partition coefficient (Wildman–Crippen LogP) is 2.55. The summed E-state index contributed by atoms with van der Waals surface area (Å²) in [5, 5.41) is 0. The summed E-state index contributed by atoms with van der Waals surface area (Å²) in [5.41, 5.74) is 0.176. The minimum atomic E-state index is 0.176. The van der Waals surface area contributed by atoms with E-state index in [1.54, 1.807) is 0 Å². The monoisotopic (exact) mass is 152 g/mol. The van der Waals surface area contributed by atoms with Crippen LogP contribution in [0.2, 0.25) is 0 Å². The van der Waals surface area contributed by atoms with Gasteiger partial charge in [-0.3, -0.25) is 0 Å². The maximum absolute atomic E-state index is 10.6. The molecule has 2 fully saturated rings. The molecule has 62 valence electrons. The minimum Gasteiger partial charge on any atom is -0.303 e. The van der Waals surface area contributed by atoms with Crippen molar-refractivity contribution in [1.29, 1.82) is 0 Å². The quantitative estimate of drug-likeness (QED) is 0.566. The Morgan fingerprint density at radius 1 is 1.36 bits per heavy atom. The van der Waals surface area contributed by atoms with E-state index in [1.807, 2.05) is 0 Å². The second-order valence-corrected chi connectivity index (χ2v) is 4.32. The molecule has 0 radical (unpaired) electrons. The molecule has 11 heavy (non-hydrogen) atoms. The molecule has 0 bridgehead atoms. The average Bonchev–Trinajstić information content (AvgIpc) is 2.66. The van der Waals surface area contributed by atoms with Crippen molar-refractivity contribution in [3.63, 3.8) is 0 Å². The van der Waals surface area contributed by atoms with Crippen molar-refractivity contribution >= 4 is 6.29 Å². The summed E-state index contributed by atoms with van der Waals surface area (Å²) in [5.74, 6) is 0.979. The van der Waals surface area contributed by atoms with Gasteiger partial charge in [0.1, 0.15) is 6.29 Å². The number of carbonyl (C=O) groups is 1. The van der Waals surface area contributed by atoms with Crippen LogP contribution >= 0.6 is 0 Å². The zero-order valence-electron chi connectivity index (χ0n) is 7.01. The van der Waals surface area contributed by atoms with Crippen molar-refractivity contribution in [2.45, 2.75) is 44.9 Å². The van der Waals surface area contributed by atoms with Crippen LogP contribution in [0.5, 0.6) is 0 Å². The van der Waals surface area contributed by atoms with Gasteiger partial charge in [-0.05, 0) is 31.6 Å². The minimum absolute atomic E-state index is 0.176. The lowest BCUT2D eigenvalue weighted by Crippen LogP contribution is -2.13. The Balaban J connectivity index is 1.69. The molecule has 0 aromatic heterocycles. The van der Waals surface area contributed by atoms with Gasteiger partial charge in [0.25, 0.3) is 0 Å². The lowest BCUT2D eigenvalue weighted by atomic mass is 9.80. The Bertz CT molecular complexity index is 154. The fraction of sp³-hybridized carbons (Fsp3) is 0.900. The summed E-state index contributed by atoms with van der Waals surface area (Å²) in [6.07, 6.45) is 10.3. The van der Waals surface area contributed by atoms with Crippen molar-refractivity contribution in [3.8, 4) is 0 Å². The molecule has 0 aromatic carbocycles. The van der Waals surface area contributed by atoms with Gasteiger partial charge < -0.3 is 4.79 Å². The molecule has 0 N–H and O–H groups in total. The van der Waals surface area contributed by atoms with Crippen LogP contribution in [-0.2, 0) is 4.79 Å². The Kier molecular flexibility index (Phi) is 1.74. The van der Waals surface area contributed by atoms with Gasteiger partial charge in [0.15, 0.2) is 0 Å². The van der Waals surface area contributed by atoms with E-state index in [1.165, 1.54) is 51.2 Å². The van der Waals surface area contributed by atoms with Gasteiger partial charge in [-0.2, -0.15) is 0 Å². The lowest BCUT2D eigenvalue weighted by Gasteiger charge is -2.26. The molecule has 2 aliphatic rings. The van der Waals surface area contributed by atoms with Gasteiger partial charge in [-0.1, -0.05) is 19.3 Å². The van der Waals surface area contributed by atoms with Gasteiger partial charge in [0.05, 0.1) is 0 Å². The molecule has 0 amide bonds. The summed E-state index contributed by atoms with van der Waals surface area (Å²) in [7, 11) is 0. The molecular formula is C10H16O. The zero-order chi connectivity index (χ0) is 7.73. The molecule has 2 rings (SSSR count). The van der Waals surface area contributed by atoms with Gasteiger partial charge in [0.2, 0.25) is 0 Å². The molecule has 0 saturated heterocycles. The fourth-order valence-corrected chi connectivity index (χ4v) is 1.86. The molecule has 0 aliphatic heterocycles. The van der Waals surface area contributed by atoms with E-state index in [4.69, 9.17) is 0 Å². The van der Waals surface area contributed by atoms with E-state index in [-0.39, 0.29) is 5.41 Å². The zero-order valence-corrected chi connectivity index (χ0v) is 7.01. The van der Waals surface area contributed by atoms with Gasteiger partial charge in [0, 0.05) is 5.41 Å². The molecular weight excluding hydrogens is 136 g/mol. The largest absolute Gasteiger partial charge is 0.303 e. The summed E-state index contributed by atoms with van der Waals surface area (Å²) >= 11 is 0. The normalized spacial score (nSPS) is 27.6. The molecule has 0 aromatic rings. The van der Waals surface area contributed by atoms with E-state index < -0.39 is 0 Å². The van der Waals surface area contributed by atoms with Crippen LogP contribution in [0, 0.1) is 11.3 Å². The van der Waals surface area contributed by atoms with Crippen molar-refractivity contribution in [2.24, 2.45) is 11.3 Å². The summed E-state index contributed by atoms with van der Waals surface area (Å²) in [6.45, 7) is 0. The molecule has 1 nitrogen and oxygen atoms in total. The third kappa shape index (κ3) is 1.47. The SMILES string of the molecule is O=CC1(CCC2CCC2)CC1. The highest BCUT2D eigenvalue weighted by Gasteiger charge is 2.42. The predicted molar refractivity (Wildman–Crippen MR) is 44.3 cm³/mol. The fourth-order valence-electron chi connectivity index (χ4n) is 1.86. The lowest BCUT2D eigenvalue weighted by molar-refractivity contribution is -0.112. The topological polar surface area (TPSA) is 17.1 Å². The van der Waals surface area contributed by atoms with Crippen molar-refractivity contribution in [1.82, 2.24) is 0 Å². The molecule has 0 heterocycles. The van der Waals surface area contributed by atoms with E-state index in [0.717, 1.165) is 5.92 Å². The second-order valence-electron chi connectivity index (χ2n) is 4.32. The highest BCUT2D eigenvalue weighted by Crippen LogP contribution is 2.49. The van der Waals surface area contributed by atoms with Crippen LogP contribution in [0.15, 0.2) is 0 Å². The van der Waals surface area contributed by atoms with Crippen LogP contribution in [0.25, 0.3) is 0 Å². The number of hydrogen-bond donors (Lipinski definition) is 0. The van der Waals surface area contributed by atoms with Crippen molar-refractivity contribution in [2.75, 3.05) is 0 Å². The smallest absolute Gasteiger partial charge is 0.126 e. The van der Waals surface area contributed by atoms with Crippen LogP contribution in [0.3, 0.4) is 0 Å². The maximum Gasteiger partial charge on any atom is 0.126 e. The summed E-state index contributed by atoms with van der Waals surface area (Å²) < 4.78 is 0. The first-order valence-electron chi connectivity index (χ1n) is 4.81. The number of rotatable bonds is 4. The molecule has 0 atom stereocenters. The molecule has 1 heteroatoms. The van der Waals surface area contributed by atoms with E-state index >= 15 is 0 Å². The van der Waals surface area contributed by atoms with Gasteiger partial charge in [-0.25, -0.2) is 0 Å². The van der Waals surface area contributed by atoms with E-state index in [9.17, 15) is 4.79 Å². The standard InChI is InChI=1S/C10H16O/c11-8-10(6-7-10)5-4-9-2-1-3-9/h8-9H,1-7H2. The molecule has 2 aliphatic carbocycles. The number of aldehydes is 1. The first-order chi connectivity index (χ1) is 5.35. The average molecular weight is 152 g/mol.